The molecule has 2 aromatic carbocycles. The summed E-state index contributed by atoms with van der Waals surface area (Å²) < 4.78 is 7.78. The van der Waals surface area contributed by atoms with Gasteiger partial charge in [0.25, 0.3) is 0 Å². The molecule has 134 valence electrons. The second kappa shape index (κ2) is 6.57. The van der Waals surface area contributed by atoms with Crippen LogP contribution in [0.3, 0.4) is 0 Å². The van der Waals surface area contributed by atoms with Crippen LogP contribution in [0, 0.1) is 13.8 Å². The number of benzene rings is 2. The van der Waals surface area contributed by atoms with Crippen LogP contribution in [-0.4, -0.2) is 33.2 Å². The lowest BCUT2D eigenvalue weighted by Crippen LogP contribution is -2.23. The molecule has 26 heavy (non-hydrogen) atoms. The maximum atomic E-state index is 11.8. The quantitative estimate of drug-likeness (QED) is 0.767. The predicted molar refractivity (Wildman–Crippen MR) is 99.8 cm³/mol. The third-order valence-electron chi connectivity index (χ3n) is 5.11. The Bertz CT molecular complexity index is 990. The first-order chi connectivity index (χ1) is 12.5. The molecule has 4 rings (SSSR count). The van der Waals surface area contributed by atoms with Gasteiger partial charge in [-0.3, -0.25) is 4.79 Å². The standard InChI is InChI=1S/C21H22N2O3/c1-13-8-18-19(9-14(13)2)23(12-22-18)10-15(24)11-26-21-5-3-4-16-17(21)6-7-20(16)25/h3-5,8-9,12,15,24H,6-7,10-11H2,1-2H3. The molecule has 1 N–H and O–H groups in total. The Kier molecular flexibility index (Phi) is 4.24. The Morgan fingerprint density at radius 2 is 2.04 bits per heavy atom. The van der Waals surface area contributed by atoms with Crippen molar-refractivity contribution in [3.05, 3.63) is 58.9 Å². The van der Waals surface area contributed by atoms with E-state index in [1.807, 2.05) is 22.8 Å². The van der Waals surface area contributed by atoms with E-state index < -0.39 is 6.10 Å². The van der Waals surface area contributed by atoms with Crippen LogP contribution in [-0.2, 0) is 13.0 Å². The molecule has 1 unspecified atom stereocenters. The minimum atomic E-state index is -0.665. The molecule has 1 aromatic heterocycles. The summed E-state index contributed by atoms with van der Waals surface area (Å²) in [7, 11) is 0. The van der Waals surface area contributed by atoms with E-state index in [4.69, 9.17) is 4.74 Å². The highest BCUT2D eigenvalue weighted by molar-refractivity contribution is 6.01. The molecule has 1 atom stereocenters. The van der Waals surface area contributed by atoms with Crippen molar-refractivity contribution in [3.8, 4) is 5.75 Å². The van der Waals surface area contributed by atoms with Crippen molar-refractivity contribution < 1.29 is 14.6 Å². The van der Waals surface area contributed by atoms with Gasteiger partial charge in [-0.2, -0.15) is 0 Å². The Morgan fingerprint density at radius 3 is 2.88 bits per heavy atom. The Morgan fingerprint density at radius 1 is 1.23 bits per heavy atom. The van der Waals surface area contributed by atoms with Gasteiger partial charge in [-0.15, -0.1) is 0 Å². The predicted octanol–water partition coefficient (Wildman–Crippen LogP) is 3.22. The Balaban J connectivity index is 1.46. The Labute approximate surface area is 152 Å². The number of aromatic nitrogens is 2. The van der Waals surface area contributed by atoms with Gasteiger partial charge in [0.2, 0.25) is 0 Å². The lowest BCUT2D eigenvalue weighted by atomic mass is 10.1. The van der Waals surface area contributed by atoms with E-state index in [0.717, 1.165) is 22.2 Å². The monoisotopic (exact) mass is 350 g/mol. The van der Waals surface area contributed by atoms with Crippen molar-refractivity contribution >= 4 is 16.8 Å². The number of hydrogen-bond acceptors (Lipinski definition) is 4. The molecule has 0 saturated heterocycles. The molecule has 0 radical (unpaired) electrons. The molecule has 0 saturated carbocycles. The highest BCUT2D eigenvalue weighted by Crippen LogP contribution is 2.30. The van der Waals surface area contributed by atoms with Crippen LogP contribution < -0.4 is 4.74 Å². The molecule has 1 aliphatic carbocycles. The van der Waals surface area contributed by atoms with Gasteiger partial charge in [0.1, 0.15) is 18.5 Å². The fraction of sp³-hybridized carbons (Fsp3) is 0.333. The molecule has 0 spiro atoms. The average Bonchev–Trinajstić information content (AvgIpc) is 3.18. The van der Waals surface area contributed by atoms with Gasteiger partial charge in [0.05, 0.1) is 23.9 Å². The van der Waals surface area contributed by atoms with E-state index in [2.05, 4.69) is 31.0 Å². The lowest BCUT2D eigenvalue weighted by molar-refractivity contribution is 0.0930. The molecule has 0 bridgehead atoms. The van der Waals surface area contributed by atoms with Crippen LogP contribution in [0.2, 0.25) is 0 Å². The van der Waals surface area contributed by atoms with Crippen molar-refractivity contribution in [2.45, 2.75) is 39.3 Å². The van der Waals surface area contributed by atoms with Crippen molar-refractivity contribution in [1.82, 2.24) is 9.55 Å². The minimum absolute atomic E-state index is 0.168. The number of carbonyl (C=O) groups is 1. The van der Waals surface area contributed by atoms with Crippen LogP contribution in [0.15, 0.2) is 36.7 Å². The topological polar surface area (TPSA) is 64.3 Å². The van der Waals surface area contributed by atoms with E-state index in [9.17, 15) is 9.90 Å². The van der Waals surface area contributed by atoms with Gasteiger partial charge >= 0.3 is 0 Å². The first-order valence-corrected chi connectivity index (χ1v) is 8.91. The fourth-order valence-corrected chi connectivity index (χ4v) is 3.52. The van der Waals surface area contributed by atoms with Crippen LogP contribution in [0.5, 0.6) is 5.75 Å². The third-order valence-corrected chi connectivity index (χ3v) is 5.11. The number of imidazole rings is 1. The van der Waals surface area contributed by atoms with Crippen LogP contribution in [0.25, 0.3) is 11.0 Å². The summed E-state index contributed by atoms with van der Waals surface area (Å²) in [5, 5.41) is 10.4. The summed E-state index contributed by atoms with van der Waals surface area (Å²) in [4.78, 5) is 16.2. The van der Waals surface area contributed by atoms with E-state index in [-0.39, 0.29) is 12.4 Å². The lowest BCUT2D eigenvalue weighted by Gasteiger charge is -2.15. The number of aliphatic hydroxyl groups excluding tert-OH is 1. The van der Waals surface area contributed by atoms with E-state index >= 15 is 0 Å². The molecule has 1 heterocycles. The van der Waals surface area contributed by atoms with Gasteiger partial charge in [-0.25, -0.2) is 4.98 Å². The first-order valence-electron chi connectivity index (χ1n) is 8.91. The van der Waals surface area contributed by atoms with Crippen LogP contribution >= 0.6 is 0 Å². The molecular formula is C21H22N2O3. The number of rotatable bonds is 5. The molecule has 0 fully saturated rings. The normalized spacial score (nSPS) is 14.7. The average molecular weight is 350 g/mol. The Hall–Kier alpha value is -2.66. The summed E-state index contributed by atoms with van der Waals surface area (Å²) in [6, 6.07) is 9.70. The van der Waals surface area contributed by atoms with Crippen LogP contribution in [0.4, 0.5) is 0 Å². The molecular weight excluding hydrogens is 328 g/mol. The highest BCUT2D eigenvalue weighted by Gasteiger charge is 2.23. The number of ketones is 1. The SMILES string of the molecule is Cc1cc2ncn(CC(O)COc3cccc4c3CCC4=O)c2cc1C. The smallest absolute Gasteiger partial charge is 0.163 e. The van der Waals surface area contributed by atoms with Crippen LogP contribution in [0.1, 0.15) is 33.5 Å². The molecule has 0 aliphatic heterocycles. The van der Waals surface area contributed by atoms with Crippen molar-refractivity contribution in [1.29, 1.82) is 0 Å². The maximum absolute atomic E-state index is 11.8. The zero-order valence-corrected chi connectivity index (χ0v) is 15.0. The second-order valence-electron chi connectivity index (χ2n) is 6.99. The number of nitrogens with zero attached hydrogens (tertiary/aromatic N) is 2. The molecule has 1 aliphatic rings. The van der Waals surface area contributed by atoms with E-state index in [0.29, 0.717) is 25.1 Å². The number of hydrogen-bond donors (Lipinski definition) is 1. The summed E-state index contributed by atoms with van der Waals surface area (Å²) >= 11 is 0. The summed E-state index contributed by atoms with van der Waals surface area (Å²) in [6.45, 7) is 4.73. The molecule has 5 heteroatoms. The number of ether oxygens (including phenoxy) is 1. The number of aliphatic hydroxyl groups is 1. The van der Waals surface area contributed by atoms with Crippen molar-refractivity contribution in [2.24, 2.45) is 0 Å². The summed E-state index contributed by atoms with van der Waals surface area (Å²) in [5.41, 5.74) is 6.07. The number of carbonyl (C=O) groups excluding carboxylic acids is 1. The number of fused-ring (bicyclic) bond motifs is 2. The van der Waals surface area contributed by atoms with Crippen molar-refractivity contribution in [2.75, 3.05) is 6.61 Å². The first kappa shape index (κ1) is 16.8. The van der Waals surface area contributed by atoms with Gasteiger partial charge in [0, 0.05) is 17.5 Å². The molecule has 0 amide bonds. The van der Waals surface area contributed by atoms with E-state index in [1.54, 1.807) is 6.33 Å². The third kappa shape index (κ3) is 2.99. The minimum Gasteiger partial charge on any atom is -0.491 e. The highest BCUT2D eigenvalue weighted by atomic mass is 16.5. The second-order valence-corrected chi connectivity index (χ2v) is 6.99. The molecule has 5 nitrogen and oxygen atoms in total. The molecule has 3 aromatic rings. The van der Waals surface area contributed by atoms with Gasteiger partial charge in [0.15, 0.2) is 5.78 Å². The zero-order valence-electron chi connectivity index (χ0n) is 15.0. The fourth-order valence-electron chi connectivity index (χ4n) is 3.52. The van der Waals surface area contributed by atoms with Gasteiger partial charge < -0.3 is 14.4 Å². The number of aryl methyl sites for hydroxylation is 2. The number of Topliss-reactive ketones (excluding diaryl/α,β-unsaturated/α-hetero) is 1. The maximum Gasteiger partial charge on any atom is 0.163 e. The summed E-state index contributed by atoms with van der Waals surface area (Å²) in [5.74, 6) is 0.871. The zero-order chi connectivity index (χ0) is 18.3. The summed E-state index contributed by atoms with van der Waals surface area (Å²) in [6.07, 6.45) is 2.34. The van der Waals surface area contributed by atoms with Gasteiger partial charge in [-0.05, 0) is 49.6 Å². The van der Waals surface area contributed by atoms with Crippen molar-refractivity contribution in [3.63, 3.8) is 0 Å². The van der Waals surface area contributed by atoms with Gasteiger partial charge in [-0.1, -0.05) is 12.1 Å². The largest absolute Gasteiger partial charge is 0.491 e. The van der Waals surface area contributed by atoms with E-state index in [1.165, 1.54) is 11.1 Å².